The SMILES string of the molecule is Cl.O=C(NCCn1cnnc1)c1cccc(CC2CCNC2)c1. The molecule has 23 heavy (non-hydrogen) atoms. The van der Waals surface area contributed by atoms with Crippen LogP contribution in [0.1, 0.15) is 22.3 Å². The fraction of sp³-hybridized carbons (Fsp3) is 0.438. The Morgan fingerprint density at radius 3 is 2.91 bits per heavy atom. The second kappa shape index (κ2) is 8.64. The molecule has 0 aliphatic carbocycles. The van der Waals surface area contributed by atoms with Gasteiger partial charge in [0.15, 0.2) is 0 Å². The highest BCUT2D eigenvalue weighted by Crippen LogP contribution is 2.16. The zero-order valence-electron chi connectivity index (χ0n) is 12.9. The maximum atomic E-state index is 12.2. The van der Waals surface area contributed by atoms with Crippen LogP contribution in [0.5, 0.6) is 0 Å². The minimum atomic E-state index is -0.0283. The highest BCUT2D eigenvalue weighted by atomic mass is 35.5. The molecular formula is C16H22ClN5O. The Bertz CT molecular complexity index is 611. The van der Waals surface area contributed by atoms with E-state index in [1.165, 1.54) is 12.0 Å². The third kappa shape index (κ3) is 5.04. The third-order valence-electron chi connectivity index (χ3n) is 4.00. The molecule has 1 saturated heterocycles. The van der Waals surface area contributed by atoms with Crippen molar-refractivity contribution in [2.24, 2.45) is 5.92 Å². The largest absolute Gasteiger partial charge is 0.350 e. The highest BCUT2D eigenvalue weighted by molar-refractivity contribution is 5.94. The van der Waals surface area contributed by atoms with E-state index >= 15 is 0 Å². The van der Waals surface area contributed by atoms with Gasteiger partial charge < -0.3 is 15.2 Å². The van der Waals surface area contributed by atoms with Crippen molar-refractivity contribution in [2.75, 3.05) is 19.6 Å². The molecule has 6 nitrogen and oxygen atoms in total. The average Bonchev–Trinajstić information content (AvgIpc) is 3.21. The smallest absolute Gasteiger partial charge is 0.251 e. The Balaban J connectivity index is 0.00000192. The van der Waals surface area contributed by atoms with E-state index < -0.39 is 0 Å². The van der Waals surface area contributed by atoms with E-state index in [1.807, 2.05) is 22.8 Å². The minimum absolute atomic E-state index is 0. The van der Waals surface area contributed by atoms with E-state index in [9.17, 15) is 4.79 Å². The Kier molecular flexibility index (Phi) is 6.55. The molecule has 124 valence electrons. The molecular weight excluding hydrogens is 314 g/mol. The lowest BCUT2D eigenvalue weighted by Gasteiger charge is -2.10. The molecule has 1 unspecified atom stereocenters. The molecule has 0 radical (unpaired) electrons. The van der Waals surface area contributed by atoms with Gasteiger partial charge in [-0.25, -0.2) is 0 Å². The molecule has 2 heterocycles. The number of carbonyl (C=O) groups is 1. The molecule has 0 bridgehead atoms. The number of aromatic nitrogens is 3. The van der Waals surface area contributed by atoms with Crippen molar-refractivity contribution in [2.45, 2.75) is 19.4 Å². The highest BCUT2D eigenvalue weighted by Gasteiger charge is 2.15. The lowest BCUT2D eigenvalue weighted by atomic mass is 9.97. The van der Waals surface area contributed by atoms with E-state index in [0.29, 0.717) is 19.0 Å². The number of hydrogen-bond acceptors (Lipinski definition) is 4. The molecule has 0 spiro atoms. The van der Waals surface area contributed by atoms with Crippen molar-refractivity contribution in [1.29, 1.82) is 0 Å². The predicted octanol–water partition coefficient (Wildman–Crippen LogP) is 1.28. The summed E-state index contributed by atoms with van der Waals surface area (Å²) in [6, 6.07) is 7.94. The van der Waals surface area contributed by atoms with Gasteiger partial charge in [0.25, 0.3) is 5.91 Å². The third-order valence-corrected chi connectivity index (χ3v) is 4.00. The number of benzene rings is 1. The van der Waals surface area contributed by atoms with Crippen LogP contribution in [0.3, 0.4) is 0 Å². The van der Waals surface area contributed by atoms with Gasteiger partial charge in [0.1, 0.15) is 12.7 Å². The van der Waals surface area contributed by atoms with Gasteiger partial charge in [-0.1, -0.05) is 12.1 Å². The zero-order chi connectivity index (χ0) is 15.2. The van der Waals surface area contributed by atoms with Gasteiger partial charge in [-0.2, -0.15) is 0 Å². The maximum Gasteiger partial charge on any atom is 0.251 e. The average molecular weight is 336 g/mol. The molecule has 1 aliphatic rings. The van der Waals surface area contributed by atoms with Crippen LogP contribution in [0, 0.1) is 5.92 Å². The van der Waals surface area contributed by atoms with E-state index in [2.05, 4.69) is 26.9 Å². The summed E-state index contributed by atoms with van der Waals surface area (Å²) in [6.45, 7) is 3.42. The van der Waals surface area contributed by atoms with Gasteiger partial charge in [0.05, 0.1) is 0 Å². The molecule has 1 fully saturated rings. The first-order valence-electron chi connectivity index (χ1n) is 7.71. The number of carbonyl (C=O) groups excluding carboxylic acids is 1. The normalized spacial score (nSPS) is 16.8. The van der Waals surface area contributed by atoms with Crippen LogP contribution in [0.25, 0.3) is 0 Å². The van der Waals surface area contributed by atoms with Gasteiger partial charge in [-0.05, 0) is 49.5 Å². The van der Waals surface area contributed by atoms with E-state index in [1.54, 1.807) is 12.7 Å². The number of rotatable bonds is 6. The minimum Gasteiger partial charge on any atom is -0.350 e. The van der Waals surface area contributed by atoms with Crippen molar-refractivity contribution in [3.63, 3.8) is 0 Å². The van der Waals surface area contributed by atoms with Crippen LogP contribution < -0.4 is 10.6 Å². The quantitative estimate of drug-likeness (QED) is 0.834. The molecule has 1 atom stereocenters. The van der Waals surface area contributed by atoms with Crippen molar-refractivity contribution in [3.8, 4) is 0 Å². The summed E-state index contributed by atoms with van der Waals surface area (Å²) < 4.78 is 1.84. The maximum absolute atomic E-state index is 12.2. The van der Waals surface area contributed by atoms with Crippen molar-refractivity contribution in [1.82, 2.24) is 25.4 Å². The van der Waals surface area contributed by atoms with Crippen LogP contribution >= 0.6 is 12.4 Å². The zero-order valence-corrected chi connectivity index (χ0v) is 13.8. The van der Waals surface area contributed by atoms with Gasteiger partial charge >= 0.3 is 0 Å². The van der Waals surface area contributed by atoms with Gasteiger partial charge in [0.2, 0.25) is 0 Å². The fourth-order valence-electron chi connectivity index (χ4n) is 2.80. The first kappa shape index (κ1) is 17.4. The monoisotopic (exact) mass is 335 g/mol. The number of hydrogen-bond donors (Lipinski definition) is 2. The van der Waals surface area contributed by atoms with E-state index in [4.69, 9.17) is 0 Å². The lowest BCUT2D eigenvalue weighted by Crippen LogP contribution is -2.27. The molecule has 2 N–H and O–H groups in total. The molecule has 1 aliphatic heterocycles. The summed E-state index contributed by atoms with van der Waals surface area (Å²) in [5.41, 5.74) is 1.97. The lowest BCUT2D eigenvalue weighted by molar-refractivity contribution is 0.0952. The second-order valence-electron chi connectivity index (χ2n) is 5.72. The second-order valence-corrected chi connectivity index (χ2v) is 5.72. The standard InChI is InChI=1S/C16H21N5O.ClH/c22-16(18-6-7-21-11-19-20-12-21)15-3-1-2-13(9-15)8-14-4-5-17-10-14;/h1-3,9,11-12,14,17H,4-8,10H2,(H,18,22);1H. The number of halogens is 1. The summed E-state index contributed by atoms with van der Waals surface area (Å²) in [5.74, 6) is 0.659. The van der Waals surface area contributed by atoms with Crippen LogP contribution in [0.15, 0.2) is 36.9 Å². The van der Waals surface area contributed by atoms with Gasteiger partial charge in [-0.15, -0.1) is 22.6 Å². The van der Waals surface area contributed by atoms with E-state index in [0.717, 1.165) is 25.1 Å². The summed E-state index contributed by atoms with van der Waals surface area (Å²) >= 11 is 0. The van der Waals surface area contributed by atoms with Crippen molar-refractivity contribution >= 4 is 18.3 Å². The van der Waals surface area contributed by atoms with Crippen molar-refractivity contribution < 1.29 is 4.79 Å². The van der Waals surface area contributed by atoms with Crippen LogP contribution in [-0.4, -0.2) is 40.3 Å². The first-order valence-corrected chi connectivity index (χ1v) is 7.71. The summed E-state index contributed by atoms with van der Waals surface area (Å²) in [5, 5.41) is 13.8. The van der Waals surface area contributed by atoms with Crippen LogP contribution in [-0.2, 0) is 13.0 Å². The molecule has 1 amide bonds. The van der Waals surface area contributed by atoms with Gasteiger partial charge in [0, 0.05) is 18.7 Å². The van der Waals surface area contributed by atoms with Crippen LogP contribution in [0.4, 0.5) is 0 Å². The van der Waals surface area contributed by atoms with E-state index in [-0.39, 0.29) is 18.3 Å². The molecule has 2 aromatic rings. The Hall–Kier alpha value is -1.92. The topological polar surface area (TPSA) is 71.8 Å². The van der Waals surface area contributed by atoms with Crippen LogP contribution in [0.2, 0.25) is 0 Å². The molecule has 1 aromatic carbocycles. The number of nitrogens with one attached hydrogen (secondary N) is 2. The first-order chi connectivity index (χ1) is 10.8. The molecule has 7 heteroatoms. The Morgan fingerprint density at radius 2 is 2.17 bits per heavy atom. The summed E-state index contributed by atoms with van der Waals surface area (Å²) in [6.07, 6.45) is 5.54. The number of nitrogens with zero attached hydrogens (tertiary/aromatic N) is 3. The molecule has 0 saturated carbocycles. The fourth-order valence-corrected chi connectivity index (χ4v) is 2.80. The Labute approximate surface area is 142 Å². The summed E-state index contributed by atoms with van der Waals surface area (Å²) in [7, 11) is 0. The van der Waals surface area contributed by atoms with Crippen molar-refractivity contribution in [3.05, 3.63) is 48.0 Å². The number of amides is 1. The Morgan fingerprint density at radius 1 is 1.35 bits per heavy atom. The van der Waals surface area contributed by atoms with Gasteiger partial charge in [-0.3, -0.25) is 4.79 Å². The molecule has 1 aromatic heterocycles. The predicted molar refractivity (Wildman–Crippen MR) is 90.7 cm³/mol. The molecule has 3 rings (SSSR count). The summed E-state index contributed by atoms with van der Waals surface area (Å²) in [4.78, 5) is 12.2.